The van der Waals surface area contributed by atoms with Crippen LogP contribution in [0.5, 0.6) is 0 Å². The molecule has 108 valence electrons. The van der Waals surface area contributed by atoms with E-state index in [0.29, 0.717) is 11.1 Å². The number of hydrogen-bond donors (Lipinski definition) is 3. The van der Waals surface area contributed by atoms with E-state index in [2.05, 4.69) is 0 Å². The van der Waals surface area contributed by atoms with Crippen LogP contribution in [0.4, 0.5) is 0 Å². The second kappa shape index (κ2) is 6.00. The lowest BCUT2D eigenvalue weighted by molar-refractivity contribution is -0.141. The highest BCUT2D eigenvalue weighted by Gasteiger charge is 2.29. The molecule has 0 fully saturated rings. The SMILES string of the molecule is Cc1cc(C#N)ccc1S(=O)(=O)NC(C(=O)O)C(C)O. The Kier molecular flexibility index (Phi) is 4.83. The molecule has 1 aromatic carbocycles. The van der Waals surface area contributed by atoms with Crippen LogP contribution in [0.2, 0.25) is 0 Å². The van der Waals surface area contributed by atoms with Gasteiger partial charge in [0.15, 0.2) is 0 Å². The maximum Gasteiger partial charge on any atom is 0.324 e. The molecule has 0 aliphatic heterocycles. The number of rotatable bonds is 5. The molecule has 7 nitrogen and oxygen atoms in total. The first kappa shape index (κ1) is 16.1. The van der Waals surface area contributed by atoms with Crippen molar-refractivity contribution in [1.82, 2.24) is 4.72 Å². The third-order valence-corrected chi connectivity index (χ3v) is 4.23. The third-order valence-electron chi connectivity index (χ3n) is 2.62. The van der Waals surface area contributed by atoms with Crippen molar-refractivity contribution in [1.29, 1.82) is 5.26 Å². The predicted octanol–water partition coefficient (Wildman–Crippen LogP) is -0.0210. The van der Waals surface area contributed by atoms with Gasteiger partial charge in [-0.05, 0) is 37.6 Å². The van der Waals surface area contributed by atoms with Crippen LogP contribution in [0.3, 0.4) is 0 Å². The Morgan fingerprint density at radius 2 is 2.05 bits per heavy atom. The molecule has 0 amide bonds. The van der Waals surface area contributed by atoms with Gasteiger partial charge in [-0.3, -0.25) is 4.79 Å². The second-order valence-electron chi connectivity index (χ2n) is 4.27. The van der Waals surface area contributed by atoms with Gasteiger partial charge in [0.25, 0.3) is 0 Å². The van der Waals surface area contributed by atoms with Crippen molar-refractivity contribution in [3.8, 4) is 6.07 Å². The summed E-state index contributed by atoms with van der Waals surface area (Å²) in [4.78, 5) is 10.8. The molecule has 0 aliphatic rings. The number of aliphatic hydroxyl groups is 1. The number of carboxylic acids is 1. The van der Waals surface area contributed by atoms with Crippen LogP contribution in [0.1, 0.15) is 18.1 Å². The fraction of sp³-hybridized carbons (Fsp3) is 0.333. The number of carbonyl (C=O) groups is 1. The smallest absolute Gasteiger partial charge is 0.324 e. The second-order valence-corrected chi connectivity index (χ2v) is 5.95. The fourth-order valence-electron chi connectivity index (χ4n) is 1.61. The Morgan fingerprint density at radius 1 is 1.45 bits per heavy atom. The lowest BCUT2D eigenvalue weighted by Crippen LogP contribution is -2.47. The van der Waals surface area contributed by atoms with E-state index in [9.17, 15) is 18.3 Å². The van der Waals surface area contributed by atoms with Crippen molar-refractivity contribution in [2.24, 2.45) is 0 Å². The third kappa shape index (κ3) is 3.54. The monoisotopic (exact) mass is 298 g/mol. The van der Waals surface area contributed by atoms with E-state index in [1.807, 2.05) is 10.8 Å². The van der Waals surface area contributed by atoms with Gasteiger partial charge >= 0.3 is 5.97 Å². The molecule has 0 saturated heterocycles. The molecule has 3 N–H and O–H groups in total. The Morgan fingerprint density at radius 3 is 2.45 bits per heavy atom. The van der Waals surface area contributed by atoms with Gasteiger partial charge in [-0.25, -0.2) is 8.42 Å². The lowest BCUT2D eigenvalue weighted by Gasteiger charge is -2.18. The first-order valence-electron chi connectivity index (χ1n) is 5.63. The summed E-state index contributed by atoms with van der Waals surface area (Å²) >= 11 is 0. The summed E-state index contributed by atoms with van der Waals surface area (Å²) in [6.07, 6.45) is -1.39. The Labute approximate surface area is 116 Å². The zero-order chi connectivity index (χ0) is 15.5. The summed E-state index contributed by atoms with van der Waals surface area (Å²) in [7, 11) is -4.11. The molecule has 1 rings (SSSR count). The summed E-state index contributed by atoms with van der Waals surface area (Å²) in [5, 5.41) is 26.9. The van der Waals surface area contributed by atoms with E-state index >= 15 is 0 Å². The number of aryl methyl sites for hydroxylation is 1. The fourth-order valence-corrected chi connectivity index (χ4v) is 3.10. The molecule has 2 atom stereocenters. The normalized spacial score (nSPS) is 14.3. The quantitative estimate of drug-likeness (QED) is 0.701. The first-order chi connectivity index (χ1) is 9.19. The summed E-state index contributed by atoms with van der Waals surface area (Å²) in [5.41, 5.74) is 0.609. The van der Waals surface area contributed by atoms with Crippen molar-refractivity contribution in [3.63, 3.8) is 0 Å². The van der Waals surface area contributed by atoms with Gasteiger partial charge in [-0.1, -0.05) is 0 Å². The van der Waals surface area contributed by atoms with E-state index in [1.165, 1.54) is 32.0 Å². The number of nitriles is 1. The first-order valence-corrected chi connectivity index (χ1v) is 7.11. The number of sulfonamides is 1. The van der Waals surface area contributed by atoms with Crippen LogP contribution in [0, 0.1) is 18.3 Å². The number of nitrogens with zero attached hydrogens (tertiary/aromatic N) is 1. The minimum absolute atomic E-state index is 0.136. The number of aliphatic hydroxyl groups excluding tert-OH is 1. The van der Waals surface area contributed by atoms with Crippen LogP contribution < -0.4 is 4.72 Å². The molecule has 0 radical (unpaired) electrons. The standard InChI is InChI=1S/C12H14N2O5S/c1-7-5-9(6-13)3-4-10(7)20(18,19)14-11(8(2)15)12(16)17/h3-5,8,11,14-15H,1-2H3,(H,16,17). The summed E-state index contributed by atoms with van der Waals surface area (Å²) < 4.78 is 26.1. The summed E-state index contributed by atoms with van der Waals surface area (Å²) in [6, 6.07) is 4.15. The highest BCUT2D eigenvalue weighted by Crippen LogP contribution is 2.17. The zero-order valence-corrected chi connectivity index (χ0v) is 11.7. The van der Waals surface area contributed by atoms with Gasteiger partial charge in [0.2, 0.25) is 10.0 Å². The zero-order valence-electron chi connectivity index (χ0n) is 10.9. The van der Waals surface area contributed by atoms with Gasteiger partial charge in [-0.2, -0.15) is 9.98 Å². The van der Waals surface area contributed by atoms with Gasteiger partial charge in [-0.15, -0.1) is 0 Å². The van der Waals surface area contributed by atoms with E-state index in [-0.39, 0.29) is 4.90 Å². The van der Waals surface area contributed by atoms with E-state index in [0.717, 1.165) is 0 Å². The van der Waals surface area contributed by atoms with Crippen molar-refractivity contribution in [3.05, 3.63) is 29.3 Å². The maximum absolute atomic E-state index is 12.1. The number of nitrogens with one attached hydrogen (secondary N) is 1. The summed E-state index contributed by atoms with van der Waals surface area (Å²) in [5.74, 6) is -1.48. The molecular formula is C12H14N2O5S. The maximum atomic E-state index is 12.1. The molecule has 8 heteroatoms. The highest BCUT2D eigenvalue weighted by atomic mass is 32.2. The number of benzene rings is 1. The molecule has 2 unspecified atom stereocenters. The minimum atomic E-state index is -4.11. The Hall–Kier alpha value is -1.95. The number of aliphatic carboxylic acids is 1. The molecule has 0 aliphatic carbocycles. The molecule has 0 aromatic heterocycles. The van der Waals surface area contributed by atoms with E-state index in [4.69, 9.17) is 10.4 Å². The van der Waals surface area contributed by atoms with Crippen LogP contribution in [-0.4, -0.2) is 36.7 Å². The molecule has 0 heterocycles. The Balaban J connectivity index is 3.18. The molecular weight excluding hydrogens is 284 g/mol. The van der Waals surface area contributed by atoms with Crippen LogP contribution in [0.25, 0.3) is 0 Å². The van der Waals surface area contributed by atoms with Gasteiger partial charge in [0, 0.05) is 0 Å². The van der Waals surface area contributed by atoms with Crippen molar-refractivity contribution >= 4 is 16.0 Å². The molecule has 0 spiro atoms. The topological polar surface area (TPSA) is 127 Å². The molecule has 0 bridgehead atoms. The van der Waals surface area contributed by atoms with Gasteiger partial charge < -0.3 is 10.2 Å². The average Bonchev–Trinajstić information content (AvgIpc) is 2.34. The van der Waals surface area contributed by atoms with Crippen LogP contribution in [0.15, 0.2) is 23.1 Å². The average molecular weight is 298 g/mol. The van der Waals surface area contributed by atoms with E-state index in [1.54, 1.807) is 0 Å². The minimum Gasteiger partial charge on any atom is -0.480 e. The van der Waals surface area contributed by atoms with Crippen molar-refractivity contribution in [2.75, 3.05) is 0 Å². The largest absolute Gasteiger partial charge is 0.480 e. The molecule has 0 saturated carbocycles. The Bertz CT molecular complexity index is 661. The number of carboxylic acid groups (broad SMARTS) is 1. The van der Waals surface area contributed by atoms with Gasteiger partial charge in [0.05, 0.1) is 22.6 Å². The van der Waals surface area contributed by atoms with E-state index < -0.39 is 28.1 Å². The highest BCUT2D eigenvalue weighted by molar-refractivity contribution is 7.89. The van der Waals surface area contributed by atoms with Crippen molar-refractivity contribution in [2.45, 2.75) is 30.9 Å². The lowest BCUT2D eigenvalue weighted by atomic mass is 10.2. The van der Waals surface area contributed by atoms with Crippen LogP contribution >= 0.6 is 0 Å². The predicted molar refractivity (Wildman–Crippen MR) is 69.3 cm³/mol. The van der Waals surface area contributed by atoms with Crippen molar-refractivity contribution < 1.29 is 23.4 Å². The van der Waals surface area contributed by atoms with Crippen LogP contribution in [-0.2, 0) is 14.8 Å². The van der Waals surface area contributed by atoms with Gasteiger partial charge in [0.1, 0.15) is 6.04 Å². The molecule has 1 aromatic rings. The summed E-state index contributed by atoms with van der Waals surface area (Å²) in [6.45, 7) is 2.67. The molecule has 20 heavy (non-hydrogen) atoms. The number of hydrogen-bond acceptors (Lipinski definition) is 5.